The van der Waals surface area contributed by atoms with E-state index in [2.05, 4.69) is 0 Å². The molecule has 2 saturated carbocycles. The first-order valence-electron chi connectivity index (χ1n) is 4.18. The monoisotopic (exact) mass is 155 g/mol. The van der Waals surface area contributed by atoms with Gasteiger partial charge in [-0.3, -0.25) is 4.79 Å². The Balaban J connectivity index is 2.14. The molecule has 0 aromatic rings. The van der Waals surface area contributed by atoms with Crippen LogP contribution in [0.1, 0.15) is 19.3 Å². The molecule has 0 spiro atoms. The third kappa shape index (κ3) is 0.872. The molecule has 3 nitrogen and oxygen atoms in total. The second-order valence-electron chi connectivity index (χ2n) is 3.76. The maximum Gasteiger partial charge on any atom is 0.306 e. The lowest BCUT2D eigenvalue weighted by Gasteiger charge is -2.16. The predicted octanol–water partition coefficient (Wildman–Crippen LogP) is 0.444. The Kier molecular flexibility index (Phi) is 1.42. The Morgan fingerprint density at radius 1 is 1.45 bits per heavy atom. The number of fused-ring (bicyclic) bond motifs is 2. The van der Waals surface area contributed by atoms with Crippen molar-refractivity contribution in [1.29, 1.82) is 0 Å². The molecule has 0 aromatic heterocycles. The van der Waals surface area contributed by atoms with Crippen molar-refractivity contribution in [2.75, 3.05) is 0 Å². The van der Waals surface area contributed by atoms with E-state index in [9.17, 15) is 4.79 Å². The van der Waals surface area contributed by atoms with Gasteiger partial charge in [-0.2, -0.15) is 0 Å². The van der Waals surface area contributed by atoms with Crippen LogP contribution in [-0.2, 0) is 4.79 Å². The van der Waals surface area contributed by atoms with E-state index < -0.39 is 5.97 Å². The summed E-state index contributed by atoms with van der Waals surface area (Å²) in [5, 5.41) is 8.80. The molecule has 0 heterocycles. The molecule has 4 atom stereocenters. The van der Waals surface area contributed by atoms with E-state index in [0.717, 1.165) is 19.3 Å². The van der Waals surface area contributed by atoms with Crippen LogP contribution in [0.25, 0.3) is 0 Å². The van der Waals surface area contributed by atoms with Gasteiger partial charge in [-0.05, 0) is 31.1 Å². The topological polar surface area (TPSA) is 63.3 Å². The summed E-state index contributed by atoms with van der Waals surface area (Å²) in [4.78, 5) is 10.7. The summed E-state index contributed by atoms with van der Waals surface area (Å²) >= 11 is 0. The average molecular weight is 155 g/mol. The number of rotatable bonds is 1. The summed E-state index contributed by atoms with van der Waals surface area (Å²) < 4.78 is 0. The highest BCUT2D eigenvalue weighted by molar-refractivity contribution is 5.71. The van der Waals surface area contributed by atoms with E-state index in [4.69, 9.17) is 10.8 Å². The van der Waals surface area contributed by atoms with Crippen LogP contribution in [0.15, 0.2) is 0 Å². The number of hydrogen-bond acceptors (Lipinski definition) is 2. The summed E-state index contributed by atoms with van der Waals surface area (Å²) in [7, 11) is 0. The summed E-state index contributed by atoms with van der Waals surface area (Å²) in [6.45, 7) is 0. The summed E-state index contributed by atoms with van der Waals surface area (Å²) in [6.07, 6.45) is 3.00. The highest BCUT2D eigenvalue weighted by Crippen LogP contribution is 2.47. The van der Waals surface area contributed by atoms with Gasteiger partial charge in [-0.15, -0.1) is 0 Å². The van der Waals surface area contributed by atoms with Gasteiger partial charge in [0, 0.05) is 6.04 Å². The molecule has 2 aliphatic carbocycles. The number of carboxylic acid groups (broad SMARTS) is 1. The molecule has 0 amide bonds. The Bertz CT molecular complexity index is 193. The Hall–Kier alpha value is -0.570. The second-order valence-corrected chi connectivity index (χ2v) is 3.76. The zero-order valence-electron chi connectivity index (χ0n) is 6.36. The van der Waals surface area contributed by atoms with Gasteiger partial charge in [0.15, 0.2) is 0 Å². The van der Waals surface area contributed by atoms with Gasteiger partial charge in [-0.25, -0.2) is 0 Å². The molecule has 2 rings (SSSR count). The van der Waals surface area contributed by atoms with Gasteiger partial charge >= 0.3 is 5.97 Å². The smallest absolute Gasteiger partial charge is 0.306 e. The van der Waals surface area contributed by atoms with Crippen LogP contribution in [-0.4, -0.2) is 17.1 Å². The number of hydrogen-bond donors (Lipinski definition) is 2. The minimum absolute atomic E-state index is 0.135. The van der Waals surface area contributed by atoms with E-state index in [1.165, 1.54) is 0 Å². The lowest BCUT2D eigenvalue weighted by molar-refractivity contribution is -0.143. The molecule has 3 heteroatoms. The zero-order chi connectivity index (χ0) is 8.01. The van der Waals surface area contributed by atoms with Crippen LogP contribution in [0.4, 0.5) is 0 Å². The van der Waals surface area contributed by atoms with Crippen molar-refractivity contribution < 1.29 is 9.90 Å². The lowest BCUT2D eigenvalue weighted by Crippen LogP contribution is -2.28. The van der Waals surface area contributed by atoms with Crippen molar-refractivity contribution in [2.24, 2.45) is 23.5 Å². The zero-order valence-corrected chi connectivity index (χ0v) is 6.36. The Morgan fingerprint density at radius 3 is 2.45 bits per heavy atom. The molecule has 3 N–H and O–H groups in total. The minimum atomic E-state index is -0.646. The first-order chi connectivity index (χ1) is 5.20. The summed E-state index contributed by atoms with van der Waals surface area (Å²) in [5.74, 6) is -0.00463. The maximum absolute atomic E-state index is 10.7. The van der Waals surface area contributed by atoms with E-state index in [0.29, 0.717) is 5.92 Å². The van der Waals surface area contributed by atoms with Crippen molar-refractivity contribution in [3.05, 3.63) is 0 Å². The molecule has 2 bridgehead atoms. The number of carbonyl (C=O) groups is 1. The first kappa shape index (κ1) is 7.10. The van der Waals surface area contributed by atoms with Crippen LogP contribution in [0.3, 0.4) is 0 Å². The minimum Gasteiger partial charge on any atom is -0.481 e. The normalized spacial score (nSPS) is 48.1. The van der Waals surface area contributed by atoms with Crippen LogP contribution in [0.2, 0.25) is 0 Å². The molecular weight excluding hydrogens is 142 g/mol. The highest BCUT2D eigenvalue weighted by atomic mass is 16.4. The van der Waals surface area contributed by atoms with Gasteiger partial charge < -0.3 is 10.8 Å². The van der Waals surface area contributed by atoms with Crippen LogP contribution in [0, 0.1) is 17.8 Å². The quantitative estimate of drug-likeness (QED) is 0.577. The fourth-order valence-corrected chi connectivity index (χ4v) is 2.67. The maximum atomic E-state index is 10.7. The molecule has 0 unspecified atom stereocenters. The van der Waals surface area contributed by atoms with Gasteiger partial charge in [0.25, 0.3) is 0 Å². The molecule has 2 aliphatic rings. The molecule has 0 aromatic carbocycles. The van der Waals surface area contributed by atoms with E-state index >= 15 is 0 Å². The van der Waals surface area contributed by atoms with E-state index in [1.807, 2.05) is 0 Å². The predicted molar refractivity (Wildman–Crippen MR) is 39.9 cm³/mol. The molecular formula is C8H13NO2. The van der Waals surface area contributed by atoms with Gasteiger partial charge in [0.1, 0.15) is 0 Å². The Labute approximate surface area is 65.6 Å². The van der Waals surface area contributed by atoms with E-state index in [1.54, 1.807) is 0 Å². The summed E-state index contributed by atoms with van der Waals surface area (Å²) in [6, 6.07) is 0.177. The molecule has 0 saturated heterocycles. The second kappa shape index (κ2) is 2.21. The third-order valence-electron chi connectivity index (χ3n) is 3.30. The van der Waals surface area contributed by atoms with Crippen molar-refractivity contribution in [3.63, 3.8) is 0 Å². The number of nitrogens with two attached hydrogens (primary N) is 1. The molecule has 2 fully saturated rings. The van der Waals surface area contributed by atoms with Crippen LogP contribution in [0.5, 0.6) is 0 Å². The van der Waals surface area contributed by atoms with Crippen LogP contribution >= 0.6 is 0 Å². The average Bonchev–Trinajstić information content (AvgIpc) is 2.46. The fraction of sp³-hybridized carbons (Fsp3) is 0.875. The molecule has 11 heavy (non-hydrogen) atoms. The number of aliphatic carboxylic acids is 1. The third-order valence-corrected chi connectivity index (χ3v) is 3.30. The summed E-state index contributed by atoms with van der Waals surface area (Å²) in [5.41, 5.74) is 5.85. The standard InChI is InChI=1S/C8H13NO2/c9-7-4-1-2-5(7)6(3-4)8(10)11/h4-7H,1-3,9H2,(H,10,11)/t4-,5-,6-,7+/m1/s1. The van der Waals surface area contributed by atoms with Crippen molar-refractivity contribution in [1.82, 2.24) is 0 Å². The fourth-order valence-electron chi connectivity index (χ4n) is 2.67. The SMILES string of the molecule is N[C@H]1[C@@H]2CC[C@@H]1[C@H](C(=O)O)C2. The Morgan fingerprint density at radius 2 is 2.18 bits per heavy atom. The van der Waals surface area contributed by atoms with Crippen molar-refractivity contribution >= 4 is 5.97 Å². The largest absolute Gasteiger partial charge is 0.481 e. The van der Waals surface area contributed by atoms with E-state index in [-0.39, 0.29) is 17.9 Å². The lowest BCUT2D eigenvalue weighted by atomic mass is 9.89. The van der Waals surface area contributed by atoms with Gasteiger partial charge in [-0.1, -0.05) is 0 Å². The first-order valence-corrected chi connectivity index (χ1v) is 4.18. The van der Waals surface area contributed by atoms with Crippen LogP contribution < -0.4 is 5.73 Å². The van der Waals surface area contributed by atoms with Crippen molar-refractivity contribution in [2.45, 2.75) is 25.3 Å². The molecule has 62 valence electrons. The molecule has 0 radical (unpaired) electrons. The van der Waals surface area contributed by atoms with Crippen molar-refractivity contribution in [3.8, 4) is 0 Å². The molecule has 0 aliphatic heterocycles. The number of carboxylic acids is 1. The van der Waals surface area contributed by atoms with Gasteiger partial charge in [0.05, 0.1) is 5.92 Å². The highest BCUT2D eigenvalue weighted by Gasteiger charge is 2.48. The van der Waals surface area contributed by atoms with Gasteiger partial charge in [0.2, 0.25) is 0 Å².